The topological polar surface area (TPSA) is 47.6 Å². The molecule has 4 nitrogen and oxygen atoms in total. The van der Waals surface area contributed by atoms with Crippen molar-refractivity contribution in [3.05, 3.63) is 58.1 Å². The fourth-order valence-corrected chi connectivity index (χ4v) is 2.41. The first-order chi connectivity index (χ1) is 10.6. The lowest BCUT2D eigenvalue weighted by Gasteiger charge is -2.05. The first-order valence-electron chi connectivity index (χ1n) is 6.45. The average Bonchev–Trinajstić information content (AvgIpc) is 2.95. The van der Waals surface area contributed by atoms with Gasteiger partial charge in [0.2, 0.25) is 12.7 Å². The monoisotopic (exact) mass is 335 g/mol. The highest BCUT2D eigenvalue weighted by molar-refractivity contribution is 6.36. The van der Waals surface area contributed by atoms with Gasteiger partial charge in [0, 0.05) is 11.1 Å². The summed E-state index contributed by atoms with van der Waals surface area (Å²) in [4.78, 5) is 11.9. The predicted molar refractivity (Wildman–Crippen MR) is 86.7 cm³/mol. The highest BCUT2D eigenvalue weighted by Gasteiger charge is 2.12. The molecule has 1 N–H and O–H groups in total. The van der Waals surface area contributed by atoms with E-state index in [0.29, 0.717) is 27.2 Å². The Morgan fingerprint density at radius 1 is 1.09 bits per heavy atom. The molecule has 0 spiro atoms. The fraction of sp³-hybridized carbons (Fsp3) is 0.0625. The standard InChI is InChI=1S/C16H11Cl2NO3/c17-11-3-4-13(12(18)8-11)19-16(20)6-2-10-1-5-14-15(7-10)22-9-21-14/h1-8H,9H2,(H,19,20). The Morgan fingerprint density at radius 2 is 1.91 bits per heavy atom. The van der Waals surface area contributed by atoms with Crippen molar-refractivity contribution < 1.29 is 14.3 Å². The van der Waals surface area contributed by atoms with Crippen LogP contribution in [0.3, 0.4) is 0 Å². The van der Waals surface area contributed by atoms with Crippen molar-refractivity contribution in [1.82, 2.24) is 0 Å². The maximum atomic E-state index is 11.9. The Balaban J connectivity index is 1.68. The molecular formula is C16H11Cl2NO3. The maximum Gasteiger partial charge on any atom is 0.248 e. The molecule has 0 atom stereocenters. The normalized spacial score (nSPS) is 12.6. The third-order valence-corrected chi connectivity index (χ3v) is 3.56. The lowest BCUT2D eigenvalue weighted by Crippen LogP contribution is -2.08. The van der Waals surface area contributed by atoms with Crippen LogP contribution in [0.2, 0.25) is 10.0 Å². The summed E-state index contributed by atoms with van der Waals surface area (Å²) in [7, 11) is 0. The van der Waals surface area contributed by atoms with E-state index in [1.165, 1.54) is 6.08 Å². The van der Waals surface area contributed by atoms with Crippen molar-refractivity contribution in [2.75, 3.05) is 12.1 Å². The van der Waals surface area contributed by atoms with E-state index in [0.717, 1.165) is 5.56 Å². The summed E-state index contributed by atoms with van der Waals surface area (Å²) in [5.74, 6) is 1.08. The van der Waals surface area contributed by atoms with Gasteiger partial charge in [0.15, 0.2) is 11.5 Å². The van der Waals surface area contributed by atoms with Gasteiger partial charge in [-0.15, -0.1) is 0 Å². The van der Waals surface area contributed by atoms with E-state index in [1.54, 1.807) is 36.4 Å². The number of rotatable bonds is 3. The number of nitrogens with one attached hydrogen (secondary N) is 1. The van der Waals surface area contributed by atoms with E-state index in [2.05, 4.69) is 5.32 Å². The van der Waals surface area contributed by atoms with Crippen LogP contribution in [0.25, 0.3) is 6.08 Å². The lowest BCUT2D eigenvalue weighted by atomic mass is 10.2. The van der Waals surface area contributed by atoms with Crippen molar-refractivity contribution >= 4 is 40.9 Å². The highest BCUT2D eigenvalue weighted by atomic mass is 35.5. The van der Waals surface area contributed by atoms with Crippen molar-refractivity contribution in [3.63, 3.8) is 0 Å². The first-order valence-corrected chi connectivity index (χ1v) is 7.21. The molecule has 0 aliphatic carbocycles. The van der Waals surface area contributed by atoms with Gasteiger partial charge in [0.25, 0.3) is 0 Å². The van der Waals surface area contributed by atoms with E-state index < -0.39 is 0 Å². The molecule has 6 heteroatoms. The van der Waals surface area contributed by atoms with Crippen LogP contribution < -0.4 is 14.8 Å². The number of amides is 1. The molecule has 2 aromatic carbocycles. The Morgan fingerprint density at radius 3 is 2.73 bits per heavy atom. The van der Waals surface area contributed by atoms with E-state index in [-0.39, 0.29) is 12.7 Å². The van der Waals surface area contributed by atoms with Crippen LogP contribution in [-0.4, -0.2) is 12.7 Å². The van der Waals surface area contributed by atoms with E-state index in [1.807, 2.05) is 6.07 Å². The molecule has 0 unspecified atom stereocenters. The molecule has 1 aliphatic rings. The number of carbonyl (C=O) groups is 1. The van der Waals surface area contributed by atoms with Crippen LogP contribution in [0.1, 0.15) is 5.56 Å². The van der Waals surface area contributed by atoms with E-state index in [4.69, 9.17) is 32.7 Å². The van der Waals surface area contributed by atoms with Gasteiger partial charge in [-0.25, -0.2) is 0 Å². The average molecular weight is 336 g/mol. The maximum absolute atomic E-state index is 11.9. The highest BCUT2D eigenvalue weighted by Crippen LogP contribution is 2.32. The first kappa shape index (κ1) is 14.8. The summed E-state index contributed by atoms with van der Waals surface area (Å²) >= 11 is 11.8. The van der Waals surface area contributed by atoms with Gasteiger partial charge in [-0.1, -0.05) is 29.3 Å². The van der Waals surface area contributed by atoms with Crippen LogP contribution in [0.15, 0.2) is 42.5 Å². The second-order valence-electron chi connectivity index (χ2n) is 4.56. The molecule has 0 saturated carbocycles. The Bertz CT molecular complexity index is 759. The van der Waals surface area contributed by atoms with Gasteiger partial charge < -0.3 is 14.8 Å². The molecule has 2 aromatic rings. The van der Waals surface area contributed by atoms with Crippen LogP contribution in [-0.2, 0) is 4.79 Å². The summed E-state index contributed by atoms with van der Waals surface area (Å²) in [6.07, 6.45) is 3.10. The molecule has 3 rings (SSSR count). The van der Waals surface area contributed by atoms with Crippen LogP contribution in [0, 0.1) is 0 Å². The Labute approximate surface area is 137 Å². The van der Waals surface area contributed by atoms with Crippen molar-refractivity contribution in [3.8, 4) is 11.5 Å². The molecule has 0 radical (unpaired) electrons. The number of halogens is 2. The SMILES string of the molecule is O=C(C=Cc1ccc2c(c1)OCO2)Nc1ccc(Cl)cc1Cl. The molecule has 0 bridgehead atoms. The van der Waals surface area contributed by atoms with E-state index >= 15 is 0 Å². The molecule has 112 valence electrons. The summed E-state index contributed by atoms with van der Waals surface area (Å²) in [6.45, 7) is 0.220. The lowest BCUT2D eigenvalue weighted by molar-refractivity contribution is -0.111. The molecular weight excluding hydrogens is 325 g/mol. The second kappa shape index (κ2) is 6.30. The fourth-order valence-electron chi connectivity index (χ4n) is 1.95. The van der Waals surface area contributed by atoms with Gasteiger partial charge in [-0.3, -0.25) is 4.79 Å². The van der Waals surface area contributed by atoms with Crippen molar-refractivity contribution in [2.24, 2.45) is 0 Å². The van der Waals surface area contributed by atoms with Crippen molar-refractivity contribution in [1.29, 1.82) is 0 Å². The molecule has 1 heterocycles. The zero-order chi connectivity index (χ0) is 15.5. The summed E-state index contributed by atoms with van der Waals surface area (Å²) in [5, 5.41) is 3.59. The number of ether oxygens (including phenoxy) is 2. The minimum absolute atomic E-state index is 0.220. The second-order valence-corrected chi connectivity index (χ2v) is 5.40. The predicted octanol–water partition coefficient (Wildman–Crippen LogP) is 4.37. The number of benzene rings is 2. The molecule has 0 aromatic heterocycles. The molecule has 0 saturated heterocycles. The summed E-state index contributed by atoms with van der Waals surface area (Å²) in [6, 6.07) is 10.3. The van der Waals surface area contributed by atoms with Crippen LogP contribution >= 0.6 is 23.2 Å². The molecule has 0 fully saturated rings. The van der Waals surface area contributed by atoms with E-state index in [9.17, 15) is 4.79 Å². The van der Waals surface area contributed by atoms with Gasteiger partial charge in [-0.2, -0.15) is 0 Å². The summed E-state index contributed by atoms with van der Waals surface area (Å²) < 4.78 is 10.5. The van der Waals surface area contributed by atoms with Crippen LogP contribution in [0.4, 0.5) is 5.69 Å². The minimum Gasteiger partial charge on any atom is -0.454 e. The third kappa shape index (κ3) is 3.35. The number of hydrogen-bond donors (Lipinski definition) is 1. The summed E-state index contributed by atoms with van der Waals surface area (Å²) in [5.41, 5.74) is 1.34. The zero-order valence-electron chi connectivity index (χ0n) is 11.3. The van der Waals surface area contributed by atoms with Gasteiger partial charge in [0.1, 0.15) is 0 Å². The van der Waals surface area contributed by atoms with Gasteiger partial charge in [-0.05, 0) is 42.0 Å². The van der Waals surface area contributed by atoms with Crippen molar-refractivity contribution in [2.45, 2.75) is 0 Å². The number of hydrogen-bond acceptors (Lipinski definition) is 3. The smallest absolute Gasteiger partial charge is 0.248 e. The Hall–Kier alpha value is -2.17. The minimum atomic E-state index is -0.290. The number of fused-ring (bicyclic) bond motifs is 1. The zero-order valence-corrected chi connectivity index (χ0v) is 12.8. The quantitative estimate of drug-likeness (QED) is 0.847. The van der Waals surface area contributed by atoms with Gasteiger partial charge >= 0.3 is 0 Å². The third-order valence-electron chi connectivity index (χ3n) is 3.01. The van der Waals surface area contributed by atoms with Gasteiger partial charge in [0.05, 0.1) is 10.7 Å². The largest absolute Gasteiger partial charge is 0.454 e. The molecule has 22 heavy (non-hydrogen) atoms. The molecule has 1 amide bonds. The van der Waals surface area contributed by atoms with Crippen LogP contribution in [0.5, 0.6) is 11.5 Å². The molecule has 1 aliphatic heterocycles. The number of anilines is 1. The number of carbonyl (C=O) groups excluding carboxylic acids is 1. The Kier molecular flexibility index (Phi) is 4.22.